The lowest BCUT2D eigenvalue weighted by atomic mass is 9.84. The van der Waals surface area contributed by atoms with Crippen LogP contribution in [-0.4, -0.2) is 28.5 Å². The lowest BCUT2D eigenvalue weighted by Crippen LogP contribution is -2.51. The van der Waals surface area contributed by atoms with Gasteiger partial charge in [0.2, 0.25) is 0 Å². The van der Waals surface area contributed by atoms with Crippen LogP contribution in [-0.2, 0) is 0 Å². The van der Waals surface area contributed by atoms with Gasteiger partial charge in [0.25, 0.3) is 0 Å². The van der Waals surface area contributed by atoms with Crippen LogP contribution >= 0.6 is 0 Å². The summed E-state index contributed by atoms with van der Waals surface area (Å²) < 4.78 is 0. The zero-order valence-corrected chi connectivity index (χ0v) is 13.3. The van der Waals surface area contributed by atoms with Crippen molar-refractivity contribution >= 4 is 0 Å². The fourth-order valence-electron chi connectivity index (χ4n) is 5.03. The largest absolute Gasteiger partial charge is 0.412 e. The van der Waals surface area contributed by atoms with Gasteiger partial charge in [-0.25, -0.2) is 0 Å². The van der Waals surface area contributed by atoms with E-state index in [9.17, 15) is 0 Å². The van der Waals surface area contributed by atoms with Gasteiger partial charge in [-0.2, -0.15) is 0 Å². The van der Waals surface area contributed by atoms with E-state index < -0.39 is 0 Å². The molecule has 0 radical (unpaired) electrons. The van der Waals surface area contributed by atoms with Crippen LogP contribution in [0.3, 0.4) is 0 Å². The highest BCUT2D eigenvalue weighted by Gasteiger charge is 2.34. The Morgan fingerprint density at radius 1 is 0.400 bits per heavy atom. The first-order valence-electron chi connectivity index (χ1n) is 9.22. The molecule has 0 spiro atoms. The molecule has 3 rings (SSSR count). The van der Waals surface area contributed by atoms with Gasteiger partial charge in [0.15, 0.2) is 0 Å². The number of hydrogen-bond donors (Lipinski definition) is 0. The smallest absolute Gasteiger partial charge is 0.0101 e. The topological polar surface area (TPSA) is 34.7 Å². The Morgan fingerprint density at radius 2 is 0.650 bits per heavy atom. The van der Waals surface area contributed by atoms with Crippen LogP contribution in [0.25, 0.3) is 0 Å². The van der Waals surface area contributed by atoms with Crippen molar-refractivity contribution in [2.24, 2.45) is 0 Å². The maximum Gasteiger partial charge on any atom is 0.0101 e. The molecule has 0 amide bonds. The molecule has 3 saturated carbocycles. The standard InChI is InChI=1S/C18H33N.H2O/c1-4-10-16(11-5-1)19(17-12-6-2-7-13-17)18-14-8-3-9-15-18;/h16-18H,1-15H2;1H2. The van der Waals surface area contributed by atoms with Crippen molar-refractivity contribution in [2.45, 2.75) is 114 Å². The summed E-state index contributed by atoms with van der Waals surface area (Å²) in [6.45, 7) is 0. The third kappa shape index (κ3) is 3.98. The second-order valence-electron chi connectivity index (χ2n) is 7.32. The predicted octanol–water partition coefficient (Wildman–Crippen LogP) is 4.46. The van der Waals surface area contributed by atoms with E-state index in [0.29, 0.717) is 0 Å². The Hall–Kier alpha value is -0.0800. The molecule has 3 fully saturated rings. The first kappa shape index (κ1) is 16.3. The number of rotatable bonds is 3. The van der Waals surface area contributed by atoms with E-state index in [-0.39, 0.29) is 5.48 Å². The zero-order chi connectivity index (χ0) is 12.9. The zero-order valence-electron chi connectivity index (χ0n) is 13.3. The molecular weight excluding hydrogens is 246 g/mol. The van der Waals surface area contributed by atoms with Gasteiger partial charge in [-0.05, 0) is 38.5 Å². The van der Waals surface area contributed by atoms with E-state index in [1.807, 2.05) is 0 Å². The molecule has 20 heavy (non-hydrogen) atoms. The summed E-state index contributed by atoms with van der Waals surface area (Å²) >= 11 is 0. The Morgan fingerprint density at radius 3 is 0.900 bits per heavy atom. The van der Waals surface area contributed by atoms with Crippen LogP contribution in [0.2, 0.25) is 0 Å². The van der Waals surface area contributed by atoms with Crippen molar-refractivity contribution in [3.05, 3.63) is 0 Å². The van der Waals surface area contributed by atoms with Gasteiger partial charge in [-0.15, -0.1) is 0 Å². The quantitative estimate of drug-likeness (QED) is 0.752. The molecule has 0 atom stereocenters. The maximum absolute atomic E-state index is 3.08. The first-order chi connectivity index (χ1) is 9.45. The van der Waals surface area contributed by atoms with Crippen molar-refractivity contribution < 1.29 is 5.48 Å². The van der Waals surface area contributed by atoms with Crippen LogP contribution in [0.1, 0.15) is 96.3 Å². The summed E-state index contributed by atoms with van der Waals surface area (Å²) in [7, 11) is 0. The van der Waals surface area contributed by atoms with E-state index >= 15 is 0 Å². The minimum Gasteiger partial charge on any atom is -0.412 e. The molecule has 0 aliphatic heterocycles. The molecule has 0 aromatic heterocycles. The second kappa shape index (κ2) is 8.38. The van der Waals surface area contributed by atoms with Gasteiger partial charge in [-0.1, -0.05) is 57.8 Å². The minimum absolute atomic E-state index is 0. The van der Waals surface area contributed by atoms with Crippen molar-refractivity contribution in [3.8, 4) is 0 Å². The van der Waals surface area contributed by atoms with E-state index in [0.717, 1.165) is 18.1 Å². The molecule has 0 heterocycles. The number of nitrogens with zero attached hydrogens (tertiary/aromatic N) is 1. The predicted molar refractivity (Wildman–Crippen MR) is 86.1 cm³/mol. The Kier molecular flexibility index (Phi) is 6.83. The van der Waals surface area contributed by atoms with E-state index in [1.165, 1.54) is 96.3 Å². The summed E-state index contributed by atoms with van der Waals surface area (Å²) in [4.78, 5) is 3.08. The van der Waals surface area contributed by atoms with Crippen LogP contribution < -0.4 is 0 Å². The monoisotopic (exact) mass is 281 g/mol. The SMILES string of the molecule is C1CCC(N(C2CCCCC2)C2CCCCC2)CC1.O. The van der Waals surface area contributed by atoms with E-state index in [2.05, 4.69) is 4.90 Å². The highest BCUT2D eigenvalue weighted by molar-refractivity contribution is 4.89. The fourth-order valence-corrected chi connectivity index (χ4v) is 5.03. The van der Waals surface area contributed by atoms with Gasteiger partial charge in [0, 0.05) is 18.1 Å². The van der Waals surface area contributed by atoms with Gasteiger partial charge >= 0.3 is 0 Å². The summed E-state index contributed by atoms with van der Waals surface area (Å²) in [5, 5.41) is 0. The van der Waals surface area contributed by atoms with Crippen LogP contribution in [0, 0.1) is 0 Å². The van der Waals surface area contributed by atoms with Gasteiger partial charge in [-0.3, -0.25) is 4.90 Å². The molecule has 0 aromatic rings. The van der Waals surface area contributed by atoms with Gasteiger partial charge < -0.3 is 5.48 Å². The fraction of sp³-hybridized carbons (Fsp3) is 1.00. The van der Waals surface area contributed by atoms with Gasteiger partial charge in [0.05, 0.1) is 0 Å². The summed E-state index contributed by atoms with van der Waals surface area (Å²) in [6.07, 6.45) is 22.5. The molecule has 2 nitrogen and oxygen atoms in total. The Balaban J connectivity index is 0.00000147. The summed E-state index contributed by atoms with van der Waals surface area (Å²) in [6, 6.07) is 2.87. The van der Waals surface area contributed by atoms with Crippen LogP contribution in [0.5, 0.6) is 0 Å². The van der Waals surface area contributed by atoms with Gasteiger partial charge in [0.1, 0.15) is 0 Å². The average molecular weight is 281 g/mol. The van der Waals surface area contributed by atoms with E-state index in [4.69, 9.17) is 0 Å². The summed E-state index contributed by atoms with van der Waals surface area (Å²) in [5.74, 6) is 0. The minimum atomic E-state index is 0. The van der Waals surface area contributed by atoms with Crippen molar-refractivity contribution in [2.75, 3.05) is 0 Å². The van der Waals surface area contributed by atoms with E-state index in [1.54, 1.807) is 0 Å². The highest BCUT2D eigenvalue weighted by atomic mass is 16.0. The van der Waals surface area contributed by atoms with Crippen molar-refractivity contribution in [3.63, 3.8) is 0 Å². The maximum atomic E-state index is 3.08. The third-order valence-electron chi connectivity index (χ3n) is 5.99. The Labute approximate surface area is 125 Å². The molecule has 2 heteroatoms. The Bertz CT molecular complexity index is 207. The summed E-state index contributed by atoms with van der Waals surface area (Å²) in [5.41, 5.74) is 0. The molecule has 3 aliphatic rings. The average Bonchev–Trinajstić information content (AvgIpc) is 2.51. The van der Waals surface area contributed by atoms with Crippen molar-refractivity contribution in [1.82, 2.24) is 4.90 Å². The normalized spacial score (nSPS) is 27.4. The molecule has 3 aliphatic carbocycles. The first-order valence-corrected chi connectivity index (χ1v) is 9.22. The van der Waals surface area contributed by atoms with Crippen LogP contribution in [0.4, 0.5) is 0 Å². The lowest BCUT2D eigenvalue weighted by molar-refractivity contribution is 0.0221. The number of hydrogen-bond acceptors (Lipinski definition) is 1. The highest BCUT2D eigenvalue weighted by Crippen LogP contribution is 2.35. The molecule has 0 unspecified atom stereocenters. The molecule has 2 N–H and O–H groups in total. The lowest BCUT2D eigenvalue weighted by Gasteiger charge is -2.47. The molecular formula is C18H35NO. The molecule has 0 aromatic carbocycles. The molecule has 118 valence electrons. The second-order valence-corrected chi connectivity index (χ2v) is 7.32. The van der Waals surface area contributed by atoms with Crippen molar-refractivity contribution in [1.29, 1.82) is 0 Å². The third-order valence-corrected chi connectivity index (χ3v) is 5.99. The molecule has 0 bridgehead atoms. The molecule has 0 saturated heterocycles. The van der Waals surface area contributed by atoms with Crippen LogP contribution in [0.15, 0.2) is 0 Å².